The van der Waals surface area contributed by atoms with Crippen LogP contribution in [0.3, 0.4) is 0 Å². The first-order chi connectivity index (χ1) is 71.8. The number of anilines is 6. The number of aliphatic imine (C=N–C) groups is 2. The van der Waals surface area contributed by atoms with Gasteiger partial charge in [-0.3, -0.25) is 82.1 Å². The average Bonchev–Trinajstić information content (AvgIpc) is 1.62. The van der Waals surface area contributed by atoms with Crippen LogP contribution in [0.2, 0.25) is 0 Å². The highest BCUT2D eigenvalue weighted by molar-refractivity contribution is 6.17. The summed E-state index contributed by atoms with van der Waals surface area (Å²) in [5.41, 5.74) is 17.7. The van der Waals surface area contributed by atoms with Gasteiger partial charge in [0.2, 0.25) is 23.6 Å². The first kappa shape index (κ1) is 105. The molecule has 9 heterocycles. The molecule has 10 aromatic carbocycles. The second-order valence-corrected chi connectivity index (χ2v) is 39.1. The summed E-state index contributed by atoms with van der Waals surface area (Å²) in [4.78, 5) is 204. The van der Waals surface area contributed by atoms with Gasteiger partial charge >= 0.3 is 11.9 Å². The Balaban J connectivity index is 0.000000204. The van der Waals surface area contributed by atoms with E-state index in [1.54, 1.807) is 91.5 Å². The van der Waals surface area contributed by atoms with Gasteiger partial charge in [-0.25, -0.2) is 4.79 Å². The number of hydrogen-bond donors (Lipinski definition) is 5. The van der Waals surface area contributed by atoms with E-state index in [0.29, 0.717) is 139 Å². The van der Waals surface area contributed by atoms with Crippen LogP contribution in [-0.2, 0) is 111 Å². The molecule has 0 radical (unpaired) electrons. The summed E-state index contributed by atoms with van der Waals surface area (Å²) in [6.45, 7) is 10.3. The Morgan fingerprint density at radius 3 is 1.27 bits per heavy atom. The van der Waals surface area contributed by atoms with Crippen molar-refractivity contribution in [3.63, 3.8) is 0 Å². The SMILES string of the molecule is C.COc1cc2c(cc1OCc1cc(COc3cc4c(cc3C)C(=O)N3c5ccccc5C[C@H]3C=C4)cc(NC(=O)[C@H](C)CC(=O)[C@H](C)NC(=O)CCCCC(=O)ON3C(=O)CCC3=O)c1)N=C[C@@H]1Cc3ccccc3N1C2=O.COc1cc2c(cc1OCc1cc(COc3cc4c(cc3C)C(=O)N3c5ccccc5C[C@H]3CC4)cc(NC(=O)[C@H](C)CC(=O)[C@H](C)NC(=O)CCCCC(=O)O)c1)N=C[C@@H]1Cc3ccccc3N1C2=O. The molecule has 0 unspecified atom stereocenters. The normalized spacial score (nSPS) is 17.1. The zero-order chi connectivity index (χ0) is 105. The number of unbranched alkanes of at least 4 members (excludes halogenated alkanes) is 2. The number of ether oxygens (including phenoxy) is 6. The number of nitrogens with one attached hydrogen (secondary N) is 4. The Hall–Kier alpha value is -16.7. The van der Waals surface area contributed by atoms with E-state index in [0.717, 1.165) is 81.0 Å². The second-order valence-electron chi connectivity index (χ2n) is 39.1. The molecular weight excluding hydrogens is 1910 g/mol. The fraction of sp³-hybridized carbons (Fsp3) is 0.333. The Bertz CT molecular complexity index is 7170. The summed E-state index contributed by atoms with van der Waals surface area (Å²) in [5, 5.41) is 20.6. The van der Waals surface area contributed by atoms with Crippen LogP contribution in [0.15, 0.2) is 198 Å². The number of para-hydroxylation sites is 4. The Labute approximate surface area is 868 Å². The van der Waals surface area contributed by atoms with Gasteiger partial charge in [-0.1, -0.05) is 106 Å². The molecule has 5 N–H and O–H groups in total. The maximum absolute atomic E-state index is 14.1. The molecule has 1 saturated heterocycles. The van der Waals surface area contributed by atoms with Crippen molar-refractivity contribution in [2.75, 3.05) is 44.5 Å². The standard InChI is InChI=1S/C60H58N6O12.C56H57N5O10.CH4/c1-34-21-45-39(17-18-43-26-40-11-5-7-13-48(40)64(43)59(45)73)28-51(34)76-32-37-23-38(33-77-53-30-47-46(29-52(53)75-4)60(74)65-44(31-61-47)27-41-12-6-8-14-49(41)65)25-42(24-37)63-58(72)35(2)22-50(67)36(3)62-54(68)15-9-10-16-57(71)78-66-55(69)19-20-56(66)70;1-32-19-43-37(17-18-41-24-38-11-5-7-13-46(38)60(41)55(43)67)26-49(32)70-30-35-21-36(23-40(22-35)59-54(66)33(2)20-48(62)34(3)58-52(63)15-9-10-16-53(64)65)31-71-51-28-45-44(27-50(51)69-4)56(68)61-42(29-57-45)25-39-12-6-8-14-47(39)61;/h5-8,11-14,17-18,21,23-25,28-31,35-36,43-44H,9-10,15-16,19-20,22,26-27,32-33H2,1-4H3,(H,62,68)(H,63,72);5-8,11-14,19,21-23,26-29,33-34,41-42H,9-10,15-18,20,24-25,30-31H2,1-4H3,(H,58,63)(H,59,66)(H,64,65);1H4/t35-,36+,43-,44+;33-,34+,41-,42+;/m11./s1. The van der Waals surface area contributed by atoms with Gasteiger partial charge in [0.1, 0.15) is 37.9 Å². The largest absolute Gasteiger partial charge is 0.493 e. The lowest BCUT2D eigenvalue weighted by atomic mass is 9.98. The third kappa shape index (κ3) is 23.1. The van der Waals surface area contributed by atoms with Crippen LogP contribution in [-0.4, -0.2) is 156 Å². The number of ketones is 2. The van der Waals surface area contributed by atoms with Gasteiger partial charge in [0.25, 0.3) is 35.4 Å². The van der Waals surface area contributed by atoms with Crippen LogP contribution in [0.1, 0.15) is 227 Å². The van der Waals surface area contributed by atoms with Crippen molar-refractivity contribution in [1.29, 1.82) is 0 Å². The predicted molar refractivity (Wildman–Crippen MR) is 564 cm³/mol. The van der Waals surface area contributed by atoms with Crippen molar-refractivity contribution in [1.82, 2.24) is 15.7 Å². The molecule has 33 heteroatoms. The van der Waals surface area contributed by atoms with Gasteiger partial charge in [0, 0.05) is 152 Å². The Morgan fingerprint density at radius 2 is 0.807 bits per heavy atom. The number of fused-ring (bicyclic) bond motifs is 16. The Kier molecular flexibility index (Phi) is 31.9. The van der Waals surface area contributed by atoms with Crippen molar-refractivity contribution in [2.45, 2.75) is 227 Å². The lowest BCUT2D eigenvalue weighted by Crippen LogP contribution is -2.39. The summed E-state index contributed by atoms with van der Waals surface area (Å²) < 4.78 is 37.4. The van der Waals surface area contributed by atoms with Crippen molar-refractivity contribution in [3.05, 3.63) is 277 Å². The number of benzene rings is 10. The van der Waals surface area contributed by atoms with E-state index in [1.165, 1.54) is 26.7 Å². The lowest BCUT2D eigenvalue weighted by molar-refractivity contribution is -0.197. The average molecular weight is 2030 g/mol. The Morgan fingerprint density at radius 1 is 0.413 bits per heavy atom. The molecule has 19 rings (SSSR count). The van der Waals surface area contributed by atoms with Crippen LogP contribution in [0.25, 0.3) is 6.08 Å². The quantitative estimate of drug-likeness (QED) is 0.0178. The van der Waals surface area contributed by atoms with Gasteiger partial charge in [-0.2, -0.15) is 0 Å². The number of imide groups is 1. The topological polar surface area (TPSA) is 413 Å². The fourth-order valence-electron chi connectivity index (χ4n) is 20.5. The van der Waals surface area contributed by atoms with Crippen LogP contribution in [0.4, 0.5) is 45.5 Å². The van der Waals surface area contributed by atoms with Gasteiger partial charge in [-0.15, -0.1) is 5.06 Å². The molecule has 9 aliphatic rings. The van der Waals surface area contributed by atoms with E-state index < -0.39 is 65.4 Å². The van der Waals surface area contributed by atoms with Gasteiger partial charge in [0.15, 0.2) is 34.6 Å². The molecule has 0 saturated carbocycles. The number of carboxylic acids is 1. The first-order valence-electron chi connectivity index (χ1n) is 50.3. The highest BCUT2D eigenvalue weighted by Gasteiger charge is 2.43. The van der Waals surface area contributed by atoms with E-state index in [-0.39, 0.29) is 163 Å². The summed E-state index contributed by atoms with van der Waals surface area (Å²) in [7, 11) is 3.00. The maximum Gasteiger partial charge on any atom is 0.333 e. The molecule has 0 aromatic heterocycles. The third-order valence-corrected chi connectivity index (χ3v) is 28.4. The number of Topliss-reactive ketones (excluding diaryl/α,β-unsaturated/α-hetero) is 2. The number of aryl methyl sites for hydroxylation is 3. The molecule has 0 aliphatic carbocycles. The lowest BCUT2D eigenvalue weighted by Gasteiger charge is -2.23. The highest BCUT2D eigenvalue weighted by Crippen LogP contribution is 2.47. The molecular formula is C117H119N11O22. The molecule has 774 valence electrons. The molecule has 8 atom stereocenters. The molecule has 10 aromatic rings. The third-order valence-electron chi connectivity index (χ3n) is 28.4. The van der Waals surface area contributed by atoms with Crippen LogP contribution in [0.5, 0.6) is 34.5 Å². The van der Waals surface area contributed by atoms with Gasteiger partial charge in [0.05, 0.1) is 66.9 Å². The van der Waals surface area contributed by atoms with Crippen LogP contribution < -0.4 is 69.3 Å². The minimum Gasteiger partial charge on any atom is -0.493 e. The fourth-order valence-corrected chi connectivity index (χ4v) is 20.5. The van der Waals surface area contributed by atoms with Gasteiger partial charge in [-0.05, 0) is 243 Å². The number of carboxylic acid groups (broad SMARTS) is 1. The summed E-state index contributed by atoms with van der Waals surface area (Å²) in [6, 6.07) is 54.6. The summed E-state index contributed by atoms with van der Waals surface area (Å²) >= 11 is 0. The molecule has 10 amide bonds. The number of hydroxylamine groups is 2. The predicted octanol–water partition coefficient (Wildman–Crippen LogP) is 17.5. The smallest absolute Gasteiger partial charge is 0.333 e. The van der Waals surface area contributed by atoms with Crippen molar-refractivity contribution >= 4 is 147 Å². The minimum absolute atomic E-state index is 0. The van der Waals surface area contributed by atoms with Crippen LogP contribution >= 0.6 is 0 Å². The summed E-state index contributed by atoms with van der Waals surface area (Å²) in [5.74, 6) is -4.66. The van der Waals surface area contributed by atoms with Crippen molar-refractivity contribution in [3.8, 4) is 34.5 Å². The molecule has 0 bridgehead atoms. The van der Waals surface area contributed by atoms with Crippen LogP contribution in [0, 0.1) is 25.7 Å². The summed E-state index contributed by atoms with van der Waals surface area (Å²) in [6.07, 6.45) is 12.9. The van der Waals surface area contributed by atoms with E-state index in [4.69, 9.17) is 48.4 Å². The molecule has 9 aliphatic heterocycles. The van der Waals surface area contributed by atoms with E-state index in [2.05, 4.69) is 39.5 Å². The molecule has 150 heavy (non-hydrogen) atoms. The molecule has 0 spiro atoms. The number of rotatable bonds is 37. The number of hydrogen-bond acceptors (Lipinski definition) is 23. The number of aliphatic carboxylic acids is 1. The number of nitrogens with zero attached hydrogens (tertiary/aromatic N) is 7. The highest BCUT2D eigenvalue weighted by atomic mass is 16.7. The van der Waals surface area contributed by atoms with Gasteiger partial charge < -0.3 is 69.4 Å². The number of methoxy groups -OCH3 is 2. The van der Waals surface area contributed by atoms with E-state index in [9.17, 15) is 67.1 Å². The first-order valence-corrected chi connectivity index (χ1v) is 50.3. The number of carbonyl (C=O) groups is 14. The zero-order valence-electron chi connectivity index (χ0n) is 84.0. The van der Waals surface area contributed by atoms with Crippen molar-refractivity contribution < 1.29 is 105 Å². The van der Waals surface area contributed by atoms with Crippen molar-refractivity contribution in [2.24, 2.45) is 21.8 Å². The monoisotopic (exact) mass is 2030 g/mol. The molecule has 33 nitrogen and oxygen atoms in total. The number of carbonyl (C=O) groups excluding carboxylic acids is 13. The van der Waals surface area contributed by atoms with E-state index in [1.807, 2.05) is 151 Å². The number of amides is 10. The molecule has 1 fully saturated rings. The maximum atomic E-state index is 14.1. The minimum atomic E-state index is -0.933. The second kappa shape index (κ2) is 45.7. The zero-order valence-corrected chi connectivity index (χ0v) is 84.0. The van der Waals surface area contributed by atoms with E-state index >= 15 is 0 Å².